The fourth-order valence-electron chi connectivity index (χ4n) is 3.39. The highest BCUT2D eigenvalue weighted by Gasteiger charge is 2.45. The van der Waals surface area contributed by atoms with E-state index in [0.717, 1.165) is 26.8 Å². The van der Waals surface area contributed by atoms with Gasteiger partial charge in [-0.3, -0.25) is 9.69 Å². The highest BCUT2D eigenvalue weighted by atomic mass is 35.5. The van der Waals surface area contributed by atoms with Crippen molar-refractivity contribution in [1.29, 1.82) is 0 Å². The van der Waals surface area contributed by atoms with Crippen LogP contribution in [0.2, 0.25) is 5.02 Å². The molecule has 0 radical (unpaired) electrons. The van der Waals surface area contributed by atoms with Crippen LogP contribution in [0.3, 0.4) is 0 Å². The molecule has 1 aliphatic heterocycles. The van der Waals surface area contributed by atoms with E-state index in [1.807, 2.05) is 0 Å². The van der Waals surface area contributed by atoms with Crippen molar-refractivity contribution in [2.75, 3.05) is 36.5 Å². The smallest absolute Gasteiger partial charge is 0.395 e. The van der Waals surface area contributed by atoms with Crippen molar-refractivity contribution in [3.63, 3.8) is 0 Å². The quantitative estimate of drug-likeness (QED) is 0.673. The number of carbonyl (C=O) groups is 2. The van der Waals surface area contributed by atoms with Crippen LogP contribution in [0.4, 0.5) is 33.9 Å². The summed E-state index contributed by atoms with van der Waals surface area (Å²) in [6, 6.07) is 3.11. The Bertz CT molecular complexity index is 1050. The predicted octanol–water partition coefficient (Wildman–Crippen LogP) is 3.47. The van der Waals surface area contributed by atoms with E-state index in [1.54, 1.807) is 0 Å². The number of aryl methyl sites for hydroxylation is 1. The molecule has 12 heteroatoms. The molecule has 3 rings (SSSR count). The third-order valence-corrected chi connectivity index (χ3v) is 5.26. The van der Waals surface area contributed by atoms with Crippen LogP contribution in [-0.4, -0.2) is 59.7 Å². The third-order valence-electron chi connectivity index (χ3n) is 4.97. The van der Waals surface area contributed by atoms with Crippen molar-refractivity contribution in [3.05, 3.63) is 52.4 Å². The maximum Gasteiger partial charge on any atom is 0.416 e. The molecule has 0 aliphatic carbocycles. The van der Waals surface area contributed by atoms with Gasteiger partial charge in [0.05, 0.1) is 23.7 Å². The van der Waals surface area contributed by atoms with Crippen molar-refractivity contribution >= 4 is 35.0 Å². The van der Waals surface area contributed by atoms with Gasteiger partial charge in [0.2, 0.25) is 0 Å². The second kappa shape index (κ2) is 8.91. The predicted molar refractivity (Wildman–Crippen MR) is 109 cm³/mol. The van der Waals surface area contributed by atoms with Gasteiger partial charge < -0.3 is 14.9 Å². The molecule has 7 nitrogen and oxygen atoms in total. The Morgan fingerprint density at radius 1 is 1.31 bits per heavy atom. The molecule has 3 amide bonds. The van der Waals surface area contributed by atoms with Crippen LogP contribution >= 0.6 is 11.6 Å². The Balaban J connectivity index is 2.03. The number of halogens is 5. The number of rotatable bonds is 5. The average Bonchev–Trinajstić information content (AvgIpc) is 3.04. The topological polar surface area (TPSA) is 77.0 Å². The van der Waals surface area contributed by atoms with E-state index in [1.165, 1.54) is 26.1 Å². The molecule has 0 unspecified atom stereocenters. The first kappa shape index (κ1) is 23.7. The van der Waals surface area contributed by atoms with E-state index in [0.29, 0.717) is 6.07 Å². The van der Waals surface area contributed by atoms with Crippen LogP contribution in [0.25, 0.3) is 0 Å². The second-order valence-electron chi connectivity index (χ2n) is 7.19. The molecular formula is C20H19ClF4N4O3. The zero-order chi connectivity index (χ0) is 23.8. The number of aliphatic hydroxyl groups excluding tert-OH is 1. The molecule has 2 heterocycles. The number of urea groups is 1. The summed E-state index contributed by atoms with van der Waals surface area (Å²) in [6.07, 6.45) is -4.68. The summed E-state index contributed by atoms with van der Waals surface area (Å²) in [5.74, 6) is -1.68. The lowest BCUT2D eigenvalue weighted by atomic mass is 10.1. The van der Waals surface area contributed by atoms with E-state index in [2.05, 4.69) is 4.98 Å². The number of carbonyl (C=O) groups excluding carboxylic acids is 2. The third kappa shape index (κ3) is 4.63. The van der Waals surface area contributed by atoms with Crippen molar-refractivity contribution in [1.82, 2.24) is 9.88 Å². The van der Waals surface area contributed by atoms with Crippen molar-refractivity contribution in [3.8, 4) is 0 Å². The lowest BCUT2D eigenvalue weighted by Crippen LogP contribution is -2.47. The van der Waals surface area contributed by atoms with Crippen LogP contribution in [0, 0.1) is 12.7 Å². The molecule has 32 heavy (non-hydrogen) atoms. The fraction of sp³-hybridized carbons (Fsp3) is 0.350. The number of amides is 3. The normalized spacial score (nSPS) is 16.6. The first-order valence-electron chi connectivity index (χ1n) is 9.41. The number of hydrogen-bond donors (Lipinski definition) is 1. The molecule has 0 bridgehead atoms. The number of aromatic nitrogens is 1. The Labute approximate surface area is 185 Å². The molecule has 1 fully saturated rings. The highest BCUT2D eigenvalue weighted by molar-refractivity contribution is 6.31. The Kier molecular flexibility index (Phi) is 6.61. The average molecular weight is 475 g/mol. The number of pyridine rings is 1. The number of likely N-dealkylation sites (N-methyl/N-ethyl adjacent to an activating group) is 1. The number of alkyl halides is 3. The van der Waals surface area contributed by atoms with Crippen molar-refractivity contribution < 1.29 is 32.3 Å². The van der Waals surface area contributed by atoms with Crippen LogP contribution < -0.4 is 9.80 Å². The second-order valence-corrected chi connectivity index (χ2v) is 7.59. The van der Waals surface area contributed by atoms with Gasteiger partial charge >= 0.3 is 12.2 Å². The molecule has 1 N–H and O–H groups in total. The molecule has 1 saturated heterocycles. The zero-order valence-corrected chi connectivity index (χ0v) is 17.8. The number of nitrogens with zero attached hydrogens (tertiary/aromatic N) is 4. The first-order chi connectivity index (χ1) is 14.9. The molecule has 1 atom stereocenters. The van der Waals surface area contributed by atoms with Gasteiger partial charge in [0.25, 0.3) is 5.91 Å². The minimum atomic E-state index is -4.68. The number of anilines is 2. The van der Waals surface area contributed by atoms with Gasteiger partial charge in [-0.25, -0.2) is 14.2 Å². The van der Waals surface area contributed by atoms with Gasteiger partial charge in [-0.2, -0.15) is 13.2 Å². The summed E-state index contributed by atoms with van der Waals surface area (Å²) in [6.45, 7) is 0.630. The molecule has 1 aromatic carbocycles. The lowest BCUT2D eigenvalue weighted by molar-refractivity contribution is -0.137. The van der Waals surface area contributed by atoms with E-state index >= 15 is 0 Å². The summed E-state index contributed by atoms with van der Waals surface area (Å²) in [7, 11) is 1.37. The molecule has 1 aromatic heterocycles. The SMILES string of the molecule is Cc1cc(C(F)(F)F)cc(N2C(=O)N(CCO)C[C@H]2C(=O)N(C)c2ccc(F)c(Cl)c2)n1. The summed E-state index contributed by atoms with van der Waals surface area (Å²) in [5.41, 5.74) is -0.783. The van der Waals surface area contributed by atoms with Crippen LogP contribution in [-0.2, 0) is 11.0 Å². The van der Waals surface area contributed by atoms with E-state index in [9.17, 15) is 32.3 Å². The van der Waals surface area contributed by atoms with Crippen molar-refractivity contribution in [2.24, 2.45) is 0 Å². The van der Waals surface area contributed by atoms with Gasteiger partial charge in [0, 0.05) is 25.0 Å². The minimum absolute atomic E-state index is 0.00750. The van der Waals surface area contributed by atoms with Gasteiger partial charge in [0.15, 0.2) is 0 Å². The fourth-order valence-corrected chi connectivity index (χ4v) is 3.57. The van der Waals surface area contributed by atoms with Gasteiger partial charge in [0.1, 0.15) is 17.7 Å². The zero-order valence-electron chi connectivity index (χ0n) is 17.0. The summed E-state index contributed by atoms with van der Waals surface area (Å²) in [4.78, 5) is 33.3. The van der Waals surface area contributed by atoms with Crippen LogP contribution in [0.1, 0.15) is 11.3 Å². The summed E-state index contributed by atoms with van der Waals surface area (Å²) < 4.78 is 53.4. The van der Waals surface area contributed by atoms with E-state index in [-0.39, 0.29) is 35.3 Å². The van der Waals surface area contributed by atoms with Gasteiger partial charge in [-0.15, -0.1) is 0 Å². The lowest BCUT2D eigenvalue weighted by Gasteiger charge is -2.27. The van der Waals surface area contributed by atoms with E-state index in [4.69, 9.17) is 11.6 Å². The Morgan fingerprint density at radius 3 is 2.59 bits per heavy atom. The van der Waals surface area contributed by atoms with Gasteiger partial charge in [-0.1, -0.05) is 11.6 Å². The Morgan fingerprint density at radius 2 is 2.00 bits per heavy atom. The molecule has 1 aliphatic rings. The van der Waals surface area contributed by atoms with E-state index < -0.39 is 42.1 Å². The van der Waals surface area contributed by atoms with Gasteiger partial charge in [-0.05, 0) is 37.3 Å². The number of hydrogen-bond acceptors (Lipinski definition) is 4. The van der Waals surface area contributed by atoms with Crippen LogP contribution in [0.15, 0.2) is 30.3 Å². The number of aliphatic hydroxyl groups is 1. The van der Waals surface area contributed by atoms with Crippen molar-refractivity contribution in [2.45, 2.75) is 19.1 Å². The number of benzene rings is 1. The number of β-amino-alcohol motifs (C(OH)–C–C–N with tert-alkyl or cyclic N) is 1. The first-order valence-corrected chi connectivity index (χ1v) is 9.79. The summed E-state index contributed by atoms with van der Waals surface area (Å²) >= 11 is 5.78. The largest absolute Gasteiger partial charge is 0.416 e. The molecular weight excluding hydrogens is 456 g/mol. The highest BCUT2D eigenvalue weighted by Crippen LogP contribution is 2.34. The minimum Gasteiger partial charge on any atom is -0.395 e. The maximum absolute atomic E-state index is 13.5. The summed E-state index contributed by atoms with van der Waals surface area (Å²) in [5, 5.41) is 9.02. The molecule has 2 aromatic rings. The molecule has 172 valence electrons. The molecule has 0 spiro atoms. The standard InChI is InChI=1S/C20H19ClF4N4O3/c1-11-7-12(20(23,24)25)8-17(26-11)29-16(10-28(5-6-30)19(29)32)18(31)27(2)13-3-4-15(22)14(21)9-13/h3-4,7-9,16,30H,5-6,10H2,1-2H3/t16-/m0/s1. The monoisotopic (exact) mass is 474 g/mol. The molecule has 0 saturated carbocycles. The Hall–Kier alpha value is -2.92. The van der Waals surface area contributed by atoms with Crippen LogP contribution in [0.5, 0.6) is 0 Å². The maximum atomic E-state index is 13.5.